The fraction of sp³-hybridized carbons (Fsp3) is 0.357. The van der Waals surface area contributed by atoms with Gasteiger partial charge in [-0.05, 0) is 38.2 Å². The second-order valence-corrected chi connectivity index (χ2v) is 5.10. The quantitative estimate of drug-likeness (QED) is 0.491. The topological polar surface area (TPSA) is 60.9 Å². The van der Waals surface area contributed by atoms with Crippen LogP contribution in [0.3, 0.4) is 0 Å². The number of likely N-dealkylation sites (N-methyl/N-ethyl adjacent to an activating group) is 1. The molecule has 3 rings (SSSR count). The molecule has 1 aromatic heterocycles. The van der Waals surface area contributed by atoms with Crippen molar-refractivity contribution in [3.05, 3.63) is 29.5 Å². The van der Waals surface area contributed by atoms with E-state index in [1.165, 1.54) is 11.8 Å². The normalized spacial score (nSPS) is 19.0. The van der Waals surface area contributed by atoms with Crippen LogP contribution in [-0.4, -0.2) is 48.0 Å². The lowest BCUT2D eigenvalue weighted by Crippen LogP contribution is -2.34. The van der Waals surface area contributed by atoms with Crippen molar-refractivity contribution in [2.24, 2.45) is 5.16 Å². The molecule has 5 heteroatoms. The maximum atomic E-state index is 8.76. The summed E-state index contributed by atoms with van der Waals surface area (Å²) in [5, 5.41) is 13.0. The van der Waals surface area contributed by atoms with E-state index in [4.69, 9.17) is 9.94 Å². The summed E-state index contributed by atoms with van der Waals surface area (Å²) in [7, 11) is 4.12. The van der Waals surface area contributed by atoms with Crippen LogP contribution in [-0.2, 0) is 6.42 Å². The van der Waals surface area contributed by atoms with Gasteiger partial charge in [0.2, 0.25) is 0 Å². The number of hydrogen-bond donors (Lipinski definition) is 2. The summed E-state index contributed by atoms with van der Waals surface area (Å²) in [4.78, 5) is 5.44. The largest absolute Gasteiger partial charge is 0.491 e. The van der Waals surface area contributed by atoms with E-state index in [1.54, 1.807) is 0 Å². The molecule has 1 aromatic carbocycles. The first-order valence-electron chi connectivity index (χ1n) is 6.30. The molecule has 2 heterocycles. The van der Waals surface area contributed by atoms with Crippen molar-refractivity contribution in [1.29, 1.82) is 0 Å². The predicted molar refractivity (Wildman–Crippen MR) is 74.4 cm³/mol. The number of nitrogens with zero attached hydrogens (tertiary/aromatic N) is 2. The summed E-state index contributed by atoms with van der Waals surface area (Å²) >= 11 is 0. The van der Waals surface area contributed by atoms with Crippen LogP contribution < -0.4 is 4.74 Å². The van der Waals surface area contributed by atoms with Gasteiger partial charge in [0.05, 0.1) is 6.21 Å². The van der Waals surface area contributed by atoms with Gasteiger partial charge in [-0.3, -0.25) is 0 Å². The van der Waals surface area contributed by atoms with Crippen molar-refractivity contribution in [2.45, 2.75) is 12.5 Å². The van der Waals surface area contributed by atoms with Crippen LogP contribution >= 0.6 is 0 Å². The maximum absolute atomic E-state index is 8.76. The Balaban J connectivity index is 2.16. The average molecular weight is 259 g/mol. The van der Waals surface area contributed by atoms with Crippen molar-refractivity contribution in [1.82, 2.24) is 9.88 Å². The van der Waals surface area contributed by atoms with Crippen LogP contribution in [0.4, 0.5) is 0 Å². The molecule has 0 aliphatic carbocycles. The summed E-state index contributed by atoms with van der Waals surface area (Å²) < 4.78 is 5.97. The first kappa shape index (κ1) is 12.0. The van der Waals surface area contributed by atoms with Crippen LogP contribution in [0, 0.1) is 0 Å². The fourth-order valence-electron chi connectivity index (χ4n) is 2.58. The minimum absolute atomic E-state index is 0.338. The number of aromatic nitrogens is 1. The molecule has 5 nitrogen and oxygen atoms in total. The zero-order chi connectivity index (χ0) is 13.4. The highest BCUT2D eigenvalue weighted by Gasteiger charge is 2.23. The van der Waals surface area contributed by atoms with Gasteiger partial charge in [-0.25, -0.2) is 0 Å². The molecule has 2 N–H and O–H groups in total. The second kappa shape index (κ2) is 4.59. The van der Waals surface area contributed by atoms with E-state index < -0.39 is 0 Å². The van der Waals surface area contributed by atoms with Gasteiger partial charge in [0.25, 0.3) is 0 Å². The smallest absolute Gasteiger partial charge is 0.137 e. The molecule has 0 bridgehead atoms. The van der Waals surface area contributed by atoms with Gasteiger partial charge in [0, 0.05) is 28.7 Å². The van der Waals surface area contributed by atoms with Crippen LogP contribution in [0.15, 0.2) is 23.5 Å². The minimum Gasteiger partial charge on any atom is -0.491 e. The first-order valence-corrected chi connectivity index (χ1v) is 6.30. The Morgan fingerprint density at radius 3 is 3.05 bits per heavy atom. The summed E-state index contributed by atoms with van der Waals surface area (Å²) in [6, 6.07) is 4.22. The lowest BCUT2D eigenvalue weighted by Gasteiger charge is -2.22. The van der Waals surface area contributed by atoms with Gasteiger partial charge in [0.15, 0.2) is 0 Å². The van der Waals surface area contributed by atoms with E-state index in [0.29, 0.717) is 12.6 Å². The number of nitrogens with one attached hydrogen (secondary N) is 1. The van der Waals surface area contributed by atoms with Gasteiger partial charge < -0.3 is 19.8 Å². The molecule has 0 saturated heterocycles. The second-order valence-electron chi connectivity index (χ2n) is 5.10. The molecule has 0 saturated carbocycles. The Morgan fingerprint density at radius 1 is 1.47 bits per heavy atom. The standard InChI is InChI=1S/C14H17N3O2/c1-17(2)11-5-10-6-15-12-4-3-9(7-16-18)14(13(10)12)19-8-11/h3-4,6-7,11,15,18H,5,8H2,1-2H3. The fourth-order valence-corrected chi connectivity index (χ4v) is 2.58. The minimum atomic E-state index is 0.338. The monoisotopic (exact) mass is 259 g/mol. The molecule has 1 atom stereocenters. The van der Waals surface area contributed by atoms with Gasteiger partial charge in [-0.1, -0.05) is 5.16 Å². The third-order valence-electron chi connectivity index (χ3n) is 3.71. The first-order chi connectivity index (χ1) is 9.20. The van der Waals surface area contributed by atoms with Crippen molar-refractivity contribution < 1.29 is 9.94 Å². The Kier molecular flexibility index (Phi) is 2.91. The van der Waals surface area contributed by atoms with Crippen LogP contribution in [0.1, 0.15) is 11.1 Å². The van der Waals surface area contributed by atoms with E-state index in [2.05, 4.69) is 29.1 Å². The zero-order valence-electron chi connectivity index (χ0n) is 11.1. The molecule has 0 spiro atoms. The molecule has 19 heavy (non-hydrogen) atoms. The summed E-state index contributed by atoms with van der Waals surface area (Å²) in [6.07, 6.45) is 4.40. The number of H-pyrrole nitrogens is 1. The van der Waals surface area contributed by atoms with Crippen LogP contribution in [0.2, 0.25) is 0 Å². The van der Waals surface area contributed by atoms with Gasteiger partial charge >= 0.3 is 0 Å². The highest BCUT2D eigenvalue weighted by atomic mass is 16.5. The summed E-state index contributed by atoms with van der Waals surface area (Å²) in [6.45, 7) is 0.632. The molecule has 1 unspecified atom stereocenters. The molecule has 0 radical (unpaired) electrons. The molecule has 2 aromatic rings. The SMILES string of the molecule is CN(C)C1COc2c(C=NO)ccc3[nH]cc(c23)C1. The third kappa shape index (κ3) is 1.96. The highest BCUT2D eigenvalue weighted by molar-refractivity contribution is 5.98. The Bertz CT molecular complexity index is 631. The third-order valence-corrected chi connectivity index (χ3v) is 3.71. The average Bonchev–Trinajstić information content (AvgIpc) is 2.67. The predicted octanol–water partition coefficient (Wildman–Crippen LogP) is 1.84. The highest BCUT2D eigenvalue weighted by Crippen LogP contribution is 2.35. The van der Waals surface area contributed by atoms with E-state index in [9.17, 15) is 0 Å². The van der Waals surface area contributed by atoms with E-state index in [-0.39, 0.29) is 0 Å². The van der Waals surface area contributed by atoms with E-state index in [1.807, 2.05) is 18.3 Å². The van der Waals surface area contributed by atoms with Crippen molar-refractivity contribution in [2.75, 3.05) is 20.7 Å². The van der Waals surface area contributed by atoms with Crippen molar-refractivity contribution >= 4 is 17.1 Å². The molecular weight excluding hydrogens is 242 g/mol. The van der Waals surface area contributed by atoms with Gasteiger partial charge in [0.1, 0.15) is 12.4 Å². The van der Waals surface area contributed by atoms with E-state index in [0.717, 1.165) is 28.6 Å². The van der Waals surface area contributed by atoms with Crippen molar-refractivity contribution in [3.8, 4) is 5.75 Å². The molecule has 1 aliphatic rings. The lowest BCUT2D eigenvalue weighted by molar-refractivity contribution is 0.190. The Labute approximate surface area is 111 Å². The Hall–Kier alpha value is -2.01. The number of benzene rings is 1. The summed E-state index contributed by atoms with van der Waals surface area (Å²) in [5.74, 6) is 0.802. The number of rotatable bonds is 2. The molecule has 0 amide bonds. The van der Waals surface area contributed by atoms with Gasteiger partial charge in [-0.15, -0.1) is 0 Å². The van der Waals surface area contributed by atoms with Crippen LogP contribution in [0.25, 0.3) is 10.9 Å². The maximum Gasteiger partial charge on any atom is 0.137 e. The molecular formula is C14H17N3O2. The zero-order valence-corrected chi connectivity index (χ0v) is 11.1. The lowest BCUT2D eigenvalue weighted by atomic mass is 10.0. The Morgan fingerprint density at radius 2 is 2.32 bits per heavy atom. The van der Waals surface area contributed by atoms with Crippen molar-refractivity contribution in [3.63, 3.8) is 0 Å². The number of oxime groups is 1. The molecule has 100 valence electrons. The number of hydrogen-bond acceptors (Lipinski definition) is 4. The number of aromatic amines is 1. The molecule has 1 aliphatic heterocycles. The molecule has 0 fully saturated rings. The number of ether oxygens (including phenoxy) is 1. The summed E-state index contributed by atoms with van der Waals surface area (Å²) in [5.41, 5.74) is 3.10. The van der Waals surface area contributed by atoms with Gasteiger partial charge in [-0.2, -0.15) is 0 Å². The van der Waals surface area contributed by atoms with Crippen LogP contribution in [0.5, 0.6) is 5.75 Å². The van der Waals surface area contributed by atoms with E-state index >= 15 is 0 Å².